The van der Waals surface area contributed by atoms with Gasteiger partial charge in [-0.25, -0.2) is 0 Å². The maximum atomic E-state index is 12.1. The third-order valence-electron chi connectivity index (χ3n) is 4.73. The quantitative estimate of drug-likeness (QED) is 0.680. The Kier molecular flexibility index (Phi) is 8.57. The van der Waals surface area contributed by atoms with Gasteiger partial charge < -0.3 is 15.5 Å². The number of piperidine rings is 1. The Morgan fingerprint density at radius 1 is 1.18 bits per heavy atom. The number of carbonyl (C=O) groups excluding carboxylic acids is 2. The SMILES string of the molecule is O=C(CCC(F)(F)F)NCCN1CCC(CNC(=O)c2cccc(Cl)c2)CC1. The number of alkyl halides is 3. The average Bonchev–Trinajstić information content (AvgIpc) is 2.65. The fourth-order valence-electron chi connectivity index (χ4n) is 3.08. The molecule has 0 radical (unpaired) electrons. The minimum absolute atomic E-state index is 0.147. The first-order valence-electron chi connectivity index (χ1n) is 9.32. The van der Waals surface area contributed by atoms with Gasteiger partial charge in [0.05, 0.1) is 6.42 Å². The predicted octanol–water partition coefficient (Wildman–Crippen LogP) is 3.24. The van der Waals surface area contributed by atoms with Gasteiger partial charge in [-0.2, -0.15) is 13.2 Å². The van der Waals surface area contributed by atoms with Gasteiger partial charge in [0.2, 0.25) is 5.91 Å². The molecule has 1 fully saturated rings. The lowest BCUT2D eigenvalue weighted by molar-refractivity contribution is -0.144. The third-order valence-corrected chi connectivity index (χ3v) is 4.97. The molecule has 1 aromatic carbocycles. The topological polar surface area (TPSA) is 61.4 Å². The molecule has 1 heterocycles. The first-order chi connectivity index (χ1) is 13.2. The molecule has 2 N–H and O–H groups in total. The molecule has 1 saturated heterocycles. The van der Waals surface area contributed by atoms with Crippen LogP contribution in [-0.2, 0) is 4.79 Å². The molecule has 0 aliphatic carbocycles. The molecule has 1 aromatic rings. The van der Waals surface area contributed by atoms with E-state index in [0.717, 1.165) is 25.9 Å². The first-order valence-corrected chi connectivity index (χ1v) is 9.70. The molecule has 0 bridgehead atoms. The number of nitrogens with zero attached hydrogens (tertiary/aromatic N) is 1. The van der Waals surface area contributed by atoms with Crippen LogP contribution in [-0.4, -0.2) is 55.6 Å². The van der Waals surface area contributed by atoms with E-state index in [1.165, 1.54) is 0 Å². The van der Waals surface area contributed by atoms with Gasteiger partial charge in [0, 0.05) is 36.6 Å². The van der Waals surface area contributed by atoms with Crippen LogP contribution in [0.25, 0.3) is 0 Å². The molecule has 0 saturated carbocycles. The maximum absolute atomic E-state index is 12.1. The molecular formula is C19H25ClF3N3O2. The van der Waals surface area contributed by atoms with Gasteiger partial charge in [0.15, 0.2) is 0 Å². The normalized spacial score (nSPS) is 16.0. The summed E-state index contributed by atoms with van der Waals surface area (Å²) in [6, 6.07) is 6.79. The molecule has 0 atom stereocenters. The molecule has 0 unspecified atom stereocenters. The summed E-state index contributed by atoms with van der Waals surface area (Å²) in [5.74, 6) is -0.344. The van der Waals surface area contributed by atoms with E-state index in [4.69, 9.17) is 11.6 Å². The standard InChI is InChI=1S/C19H25ClF3N3O2/c20-16-3-1-2-15(12-16)18(28)25-13-14-5-9-26(10-6-14)11-8-24-17(27)4-7-19(21,22)23/h1-3,12,14H,4-11,13H2,(H,24,27)(H,25,28). The number of hydrogen-bond donors (Lipinski definition) is 2. The monoisotopic (exact) mass is 419 g/mol. The van der Waals surface area contributed by atoms with Crippen molar-refractivity contribution < 1.29 is 22.8 Å². The van der Waals surface area contributed by atoms with E-state index < -0.39 is 24.9 Å². The van der Waals surface area contributed by atoms with Crippen LogP contribution in [0.2, 0.25) is 5.02 Å². The fourth-order valence-corrected chi connectivity index (χ4v) is 3.27. The highest BCUT2D eigenvalue weighted by Gasteiger charge is 2.27. The van der Waals surface area contributed by atoms with Crippen molar-refractivity contribution >= 4 is 23.4 Å². The minimum Gasteiger partial charge on any atom is -0.355 e. The summed E-state index contributed by atoms with van der Waals surface area (Å²) < 4.78 is 36.2. The highest BCUT2D eigenvalue weighted by molar-refractivity contribution is 6.30. The Morgan fingerprint density at radius 2 is 1.89 bits per heavy atom. The largest absolute Gasteiger partial charge is 0.389 e. The highest BCUT2D eigenvalue weighted by atomic mass is 35.5. The van der Waals surface area contributed by atoms with Crippen LogP contribution in [0, 0.1) is 5.92 Å². The number of carbonyl (C=O) groups is 2. The van der Waals surface area contributed by atoms with Gasteiger partial charge >= 0.3 is 6.18 Å². The van der Waals surface area contributed by atoms with Crippen molar-refractivity contribution in [3.8, 4) is 0 Å². The van der Waals surface area contributed by atoms with E-state index in [-0.39, 0.29) is 5.91 Å². The summed E-state index contributed by atoms with van der Waals surface area (Å²) in [7, 11) is 0. The number of benzene rings is 1. The second-order valence-corrected chi connectivity index (χ2v) is 7.41. The third kappa shape index (κ3) is 8.48. The second-order valence-electron chi connectivity index (χ2n) is 6.97. The Hall–Kier alpha value is -1.80. The molecule has 5 nitrogen and oxygen atoms in total. The predicted molar refractivity (Wildman–Crippen MR) is 101 cm³/mol. The lowest BCUT2D eigenvalue weighted by atomic mass is 9.96. The van der Waals surface area contributed by atoms with Crippen LogP contribution in [0.5, 0.6) is 0 Å². The van der Waals surface area contributed by atoms with E-state index in [2.05, 4.69) is 15.5 Å². The Balaban J connectivity index is 1.58. The lowest BCUT2D eigenvalue weighted by Crippen LogP contribution is -2.42. The van der Waals surface area contributed by atoms with Gasteiger partial charge in [-0.15, -0.1) is 0 Å². The number of hydrogen-bond acceptors (Lipinski definition) is 3. The smallest absolute Gasteiger partial charge is 0.355 e. The van der Waals surface area contributed by atoms with Crippen LogP contribution < -0.4 is 10.6 Å². The van der Waals surface area contributed by atoms with Crippen molar-refractivity contribution in [2.75, 3.05) is 32.7 Å². The van der Waals surface area contributed by atoms with E-state index in [9.17, 15) is 22.8 Å². The van der Waals surface area contributed by atoms with Crippen molar-refractivity contribution in [3.05, 3.63) is 34.9 Å². The number of halogens is 4. The average molecular weight is 420 g/mol. The number of amides is 2. The number of rotatable bonds is 8. The van der Waals surface area contributed by atoms with E-state index in [1.54, 1.807) is 24.3 Å². The zero-order valence-electron chi connectivity index (χ0n) is 15.5. The molecule has 28 heavy (non-hydrogen) atoms. The summed E-state index contributed by atoms with van der Waals surface area (Å²) in [6.45, 7) is 3.20. The van der Waals surface area contributed by atoms with Crippen LogP contribution in [0.4, 0.5) is 13.2 Å². The molecular weight excluding hydrogens is 395 g/mol. The summed E-state index contributed by atoms with van der Waals surface area (Å²) in [4.78, 5) is 25.7. The van der Waals surface area contributed by atoms with Crippen LogP contribution >= 0.6 is 11.6 Å². The van der Waals surface area contributed by atoms with Crippen molar-refractivity contribution in [2.24, 2.45) is 5.92 Å². The van der Waals surface area contributed by atoms with Gasteiger partial charge in [-0.05, 0) is 50.0 Å². The fraction of sp³-hybridized carbons (Fsp3) is 0.579. The zero-order valence-corrected chi connectivity index (χ0v) is 16.3. The molecule has 0 aromatic heterocycles. The van der Waals surface area contributed by atoms with Gasteiger partial charge in [-0.3, -0.25) is 9.59 Å². The van der Waals surface area contributed by atoms with Crippen molar-refractivity contribution in [2.45, 2.75) is 31.9 Å². The molecule has 9 heteroatoms. The van der Waals surface area contributed by atoms with E-state index in [0.29, 0.717) is 36.1 Å². The van der Waals surface area contributed by atoms with Crippen molar-refractivity contribution in [1.29, 1.82) is 0 Å². The molecule has 156 valence electrons. The second kappa shape index (κ2) is 10.7. The minimum atomic E-state index is -4.30. The molecule has 2 rings (SSSR count). The van der Waals surface area contributed by atoms with E-state index in [1.807, 2.05) is 0 Å². The van der Waals surface area contributed by atoms with Crippen molar-refractivity contribution in [3.63, 3.8) is 0 Å². The number of likely N-dealkylation sites (tertiary alicyclic amines) is 1. The lowest BCUT2D eigenvalue weighted by Gasteiger charge is -2.32. The van der Waals surface area contributed by atoms with Crippen LogP contribution in [0.3, 0.4) is 0 Å². The molecule has 0 spiro atoms. The van der Waals surface area contributed by atoms with Crippen LogP contribution in [0.15, 0.2) is 24.3 Å². The molecule has 2 amide bonds. The molecule has 1 aliphatic rings. The Morgan fingerprint density at radius 3 is 2.54 bits per heavy atom. The van der Waals surface area contributed by atoms with Gasteiger partial charge in [0.1, 0.15) is 0 Å². The van der Waals surface area contributed by atoms with Crippen molar-refractivity contribution in [1.82, 2.24) is 15.5 Å². The maximum Gasteiger partial charge on any atom is 0.389 e. The summed E-state index contributed by atoms with van der Waals surface area (Å²) in [5, 5.41) is 5.98. The Bertz CT molecular complexity index is 662. The summed E-state index contributed by atoms with van der Waals surface area (Å²) in [6.07, 6.45) is -4.10. The van der Waals surface area contributed by atoms with Gasteiger partial charge in [0.25, 0.3) is 5.91 Å². The van der Waals surface area contributed by atoms with Crippen LogP contribution in [0.1, 0.15) is 36.0 Å². The molecule has 1 aliphatic heterocycles. The number of nitrogens with one attached hydrogen (secondary N) is 2. The highest BCUT2D eigenvalue weighted by Crippen LogP contribution is 2.21. The summed E-state index contributed by atoms with van der Waals surface area (Å²) in [5.41, 5.74) is 0.534. The van der Waals surface area contributed by atoms with E-state index >= 15 is 0 Å². The summed E-state index contributed by atoms with van der Waals surface area (Å²) >= 11 is 5.89. The first kappa shape index (κ1) is 22.5. The van der Waals surface area contributed by atoms with Gasteiger partial charge in [-0.1, -0.05) is 17.7 Å². The zero-order chi connectivity index (χ0) is 20.6. The Labute approximate surface area is 167 Å².